The fourth-order valence-corrected chi connectivity index (χ4v) is 2.17. The van der Waals surface area contributed by atoms with Gasteiger partial charge in [0.2, 0.25) is 0 Å². The molecular weight excluding hydrogens is 316 g/mol. The number of hydrogen-bond donors (Lipinski definition) is 0. The van der Waals surface area contributed by atoms with Crippen molar-refractivity contribution < 1.29 is 19.1 Å². The first-order chi connectivity index (χ1) is 11.8. The van der Waals surface area contributed by atoms with Crippen LogP contribution in [-0.2, 0) is 19.1 Å². The van der Waals surface area contributed by atoms with Crippen LogP contribution >= 0.6 is 0 Å². The Kier molecular flexibility index (Phi) is 8.96. The summed E-state index contributed by atoms with van der Waals surface area (Å²) < 4.78 is 10.6. The van der Waals surface area contributed by atoms with Crippen molar-refractivity contribution in [1.82, 2.24) is 0 Å². The molecule has 1 aromatic carbocycles. The topological polar surface area (TPSA) is 52.6 Å². The van der Waals surface area contributed by atoms with Crippen molar-refractivity contribution in [2.45, 2.75) is 59.0 Å². The molecule has 138 valence electrons. The van der Waals surface area contributed by atoms with E-state index in [2.05, 4.69) is 0 Å². The molecule has 4 heteroatoms. The Balaban J connectivity index is 2.68. The Morgan fingerprint density at radius 1 is 1.16 bits per heavy atom. The highest BCUT2D eigenvalue weighted by Crippen LogP contribution is 2.19. The summed E-state index contributed by atoms with van der Waals surface area (Å²) in [6, 6.07) is 9.83. The van der Waals surface area contributed by atoms with Crippen molar-refractivity contribution in [1.29, 1.82) is 0 Å². The van der Waals surface area contributed by atoms with Crippen LogP contribution in [0.2, 0.25) is 0 Å². The third-order valence-electron chi connectivity index (χ3n) is 3.44. The van der Waals surface area contributed by atoms with Gasteiger partial charge in [-0.3, -0.25) is 9.59 Å². The van der Waals surface area contributed by atoms with E-state index in [-0.39, 0.29) is 18.4 Å². The van der Waals surface area contributed by atoms with Crippen molar-refractivity contribution in [3.05, 3.63) is 42.0 Å². The van der Waals surface area contributed by atoms with E-state index >= 15 is 0 Å². The fraction of sp³-hybridized carbons (Fsp3) is 0.524. The minimum absolute atomic E-state index is 0.0394. The van der Waals surface area contributed by atoms with E-state index in [0.717, 1.165) is 18.4 Å². The molecule has 4 nitrogen and oxygen atoms in total. The highest BCUT2D eigenvalue weighted by Gasteiger charge is 2.27. The van der Waals surface area contributed by atoms with Crippen molar-refractivity contribution in [3.63, 3.8) is 0 Å². The Morgan fingerprint density at radius 2 is 1.84 bits per heavy atom. The van der Waals surface area contributed by atoms with Crippen LogP contribution in [0, 0.1) is 5.92 Å². The summed E-state index contributed by atoms with van der Waals surface area (Å²) in [6.45, 7) is 7.89. The minimum Gasteiger partial charge on any atom is -0.466 e. The molecule has 0 N–H and O–H groups in total. The van der Waals surface area contributed by atoms with Crippen LogP contribution in [0.3, 0.4) is 0 Å². The summed E-state index contributed by atoms with van der Waals surface area (Å²) >= 11 is 0. The lowest BCUT2D eigenvalue weighted by atomic mass is 10.00. The molecule has 0 radical (unpaired) electrons. The molecule has 0 aliphatic rings. The summed E-state index contributed by atoms with van der Waals surface area (Å²) in [5.74, 6) is -1.25. The summed E-state index contributed by atoms with van der Waals surface area (Å²) in [6.07, 6.45) is 6.12. The van der Waals surface area contributed by atoms with Crippen LogP contribution in [0.15, 0.2) is 36.4 Å². The Bertz CT molecular complexity index is 555. The summed E-state index contributed by atoms with van der Waals surface area (Å²) in [5.41, 5.74) is 0.473. The molecule has 0 saturated carbocycles. The Hall–Kier alpha value is -2.10. The highest BCUT2D eigenvalue weighted by molar-refractivity contribution is 5.80. The molecule has 1 aromatic rings. The largest absolute Gasteiger partial charge is 0.466 e. The Morgan fingerprint density at radius 3 is 2.44 bits per heavy atom. The molecule has 0 aliphatic heterocycles. The first-order valence-electron chi connectivity index (χ1n) is 8.92. The molecule has 25 heavy (non-hydrogen) atoms. The molecule has 1 unspecified atom stereocenters. The molecule has 0 heterocycles. The van der Waals surface area contributed by atoms with Gasteiger partial charge in [-0.25, -0.2) is 0 Å². The zero-order valence-electron chi connectivity index (χ0n) is 15.8. The highest BCUT2D eigenvalue weighted by atomic mass is 16.6. The lowest BCUT2D eigenvalue weighted by Gasteiger charge is -2.23. The molecular formula is C21H30O4. The third kappa shape index (κ3) is 9.70. The lowest BCUT2D eigenvalue weighted by Crippen LogP contribution is -2.30. The lowest BCUT2D eigenvalue weighted by molar-refractivity contribution is -0.163. The van der Waals surface area contributed by atoms with Gasteiger partial charge in [-0.1, -0.05) is 55.8 Å². The van der Waals surface area contributed by atoms with Gasteiger partial charge in [0, 0.05) is 0 Å². The molecule has 0 aliphatic carbocycles. The predicted molar refractivity (Wildman–Crippen MR) is 99.9 cm³/mol. The molecule has 1 rings (SSSR count). The van der Waals surface area contributed by atoms with Gasteiger partial charge >= 0.3 is 11.9 Å². The van der Waals surface area contributed by atoms with Gasteiger partial charge in [0.15, 0.2) is 0 Å². The maximum atomic E-state index is 12.4. The standard InChI is InChI=1S/C21H30O4/c1-5-6-15-24-19(22)16-18(20(23)25-21(2,3)4)14-10-13-17-11-8-7-9-12-17/h7-13,18H,5-6,14-16H2,1-4H3. The van der Waals surface area contributed by atoms with Gasteiger partial charge in [0.05, 0.1) is 18.9 Å². The van der Waals surface area contributed by atoms with Crippen molar-refractivity contribution in [3.8, 4) is 0 Å². The van der Waals surface area contributed by atoms with E-state index in [0.29, 0.717) is 13.0 Å². The number of ether oxygens (including phenoxy) is 2. The smallest absolute Gasteiger partial charge is 0.310 e. The van der Waals surface area contributed by atoms with E-state index in [1.54, 1.807) is 0 Å². The normalized spacial score (nSPS) is 12.8. The number of unbranched alkanes of at least 4 members (excludes halogenated alkanes) is 1. The van der Waals surface area contributed by atoms with Gasteiger partial charge in [-0.15, -0.1) is 0 Å². The quantitative estimate of drug-likeness (QED) is 0.477. The average Bonchev–Trinajstić information content (AvgIpc) is 2.53. The first-order valence-corrected chi connectivity index (χ1v) is 8.92. The molecule has 0 amide bonds. The summed E-state index contributed by atoms with van der Waals surface area (Å²) in [7, 11) is 0. The molecule has 0 spiro atoms. The number of allylic oxidation sites excluding steroid dienone is 1. The second-order valence-corrected chi connectivity index (χ2v) is 7.06. The predicted octanol–water partition coefficient (Wildman–Crippen LogP) is 4.78. The number of esters is 2. The SMILES string of the molecule is CCCCOC(=O)CC(CC=Cc1ccccc1)C(=O)OC(C)(C)C. The van der Waals surface area contributed by atoms with Crippen LogP contribution in [-0.4, -0.2) is 24.1 Å². The summed E-state index contributed by atoms with van der Waals surface area (Å²) in [5, 5.41) is 0. The third-order valence-corrected chi connectivity index (χ3v) is 3.44. The second-order valence-electron chi connectivity index (χ2n) is 7.06. The van der Waals surface area contributed by atoms with Gasteiger partial charge in [0.25, 0.3) is 0 Å². The van der Waals surface area contributed by atoms with Crippen molar-refractivity contribution in [2.24, 2.45) is 5.92 Å². The van der Waals surface area contributed by atoms with Crippen LogP contribution < -0.4 is 0 Å². The van der Waals surface area contributed by atoms with Crippen LogP contribution in [0.4, 0.5) is 0 Å². The zero-order valence-corrected chi connectivity index (χ0v) is 15.8. The van der Waals surface area contributed by atoms with Crippen LogP contribution in [0.25, 0.3) is 6.08 Å². The molecule has 0 aromatic heterocycles. The van der Waals surface area contributed by atoms with Gasteiger partial charge in [0.1, 0.15) is 5.60 Å². The number of benzene rings is 1. The van der Waals surface area contributed by atoms with Crippen molar-refractivity contribution >= 4 is 18.0 Å². The molecule has 1 atom stereocenters. The summed E-state index contributed by atoms with van der Waals surface area (Å²) in [4.78, 5) is 24.4. The fourth-order valence-electron chi connectivity index (χ4n) is 2.17. The number of carbonyl (C=O) groups excluding carboxylic acids is 2. The van der Waals surface area contributed by atoms with Gasteiger partial charge < -0.3 is 9.47 Å². The first kappa shape index (κ1) is 20.9. The zero-order chi connectivity index (χ0) is 18.7. The van der Waals surface area contributed by atoms with Crippen LogP contribution in [0.1, 0.15) is 58.9 Å². The van der Waals surface area contributed by atoms with E-state index < -0.39 is 11.5 Å². The average molecular weight is 346 g/mol. The van der Waals surface area contributed by atoms with Crippen molar-refractivity contribution in [2.75, 3.05) is 6.61 Å². The molecule has 0 bridgehead atoms. The maximum absolute atomic E-state index is 12.4. The monoisotopic (exact) mass is 346 g/mol. The van der Waals surface area contributed by atoms with Gasteiger partial charge in [-0.2, -0.15) is 0 Å². The molecule has 0 saturated heterocycles. The van der Waals surface area contributed by atoms with E-state index in [1.807, 2.05) is 70.2 Å². The number of carbonyl (C=O) groups is 2. The number of rotatable bonds is 9. The van der Waals surface area contributed by atoms with E-state index in [9.17, 15) is 9.59 Å². The minimum atomic E-state index is -0.579. The van der Waals surface area contributed by atoms with E-state index in [4.69, 9.17) is 9.47 Å². The second kappa shape index (κ2) is 10.7. The maximum Gasteiger partial charge on any atom is 0.310 e. The molecule has 0 fully saturated rings. The van der Waals surface area contributed by atoms with E-state index in [1.165, 1.54) is 0 Å². The van der Waals surface area contributed by atoms with Gasteiger partial charge in [-0.05, 0) is 39.2 Å². The van der Waals surface area contributed by atoms with Crippen LogP contribution in [0.5, 0.6) is 0 Å². The number of hydrogen-bond acceptors (Lipinski definition) is 4. The Labute approximate surface area is 151 Å².